The van der Waals surface area contributed by atoms with Gasteiger partial charge < -0.3 is 4.74 Å². The molecule has 1 heterocycles. The van der Waals surface area contributed by atoms with Crippen LogP contribution in [0.5, 0.6) is 5.75 Å². The molecule has 3 aromatic rings. The fourth-order valence-corrected chi connectivity index (χ4v) is 3.61. The second-order valence-electron chi connectivity index (χ2n) is 6.56. The molecule has 1 aliphatic carbocycles. The Morgan fingerprint density at radius 1 is 1.07 bits per heavy atom. The fraction of sp³-hybridized carbons (Fsp3) is 0.227. The number of benzene rings is 2. The summed E-state index contributed by atoms with van der Waals surface area (Å²) in [6.45, 7) is 2.07. The van der Waals surface area contributed by atoms with Gasteiger partial charge >= 0.3 is 11.3 Å². The van der Waals surface area contributed by atoms with Crippen molar-refractivity contribution in [2.24, 2.45) is 0 Å². The maximum absolute atomic E-state index is 8.49. The van der Waals surface area contributed by atoms with Crippen LogP contribution in [0.2, 0.25) is 0 Å². The monoisotopic (exact) mass is 416 g/mol. The van der Waals surface area contributed by atoms with Crippen molar-refractivity contribution in [3.8, 4) is 17.1 Å². The van der Waals surface area contributed by atoms with Crippen molar-refractivity contribution in [2.45, 2.75) is 26.2 Å². The third-order valence-electron chi connectivity index (χ3n) is 4.82. The molecule has 6 nitrogen and oxygen atoms in total. The molecule has 0 radical (unpaired) electrons. The molecule has 2 aromatic carbocycles. The van der Waals surface area contributed by atoms with Crippen molar-refractivity contribution >= 4 is 11.0 Å². The molecule has 1 aromatic heterocycles. The van der Waals surface area contributed by atoms with E-state index in [4.69, 9.17) is 27.8 Å². The van der Waals surface area contributed by atoms with Crippen molar-refractivity contribution in [1.29, 1.82) is 0 Å². The maximum Gasteiger partial charge on any atom is 0.364 e. The van der Waals surface area contributed by atoms with Gasteiger partial charge in [-0.05, 0) is 61.6 Å². The van der Waals surface area contributed by atoms with Crippen molar-refractivity contribution in [2.75, 3.05) is 7.11 Å². The number of allylic oxidation sites excluding steroid dienone is 2. The highest BCUT2D eigenvalue weighted by Crippen LogP contribution is 2.40. The average molecular weight is 417 g/mol. The zero-order valence-electron chi connectivity index (χ0n) is 16.1. The van der Waals surface area contributed by atoms with Gasteiger partial charge in [0.05, 0.1) is 23.6 Å². The minimum atomic E-state index is -4.94. The minimum absolute atomic E-state index is 0.909. The van der Waals surface area contributed by atoms with Crippen LogP contribution >= 0.6 is 0 Å². The molecule has 0 aliphatic heterocycles. The standard InChI is InChI=1S/C22H21O2.ClHO4/c1-3-4-7-18-19-8-5-6-9-21(19)24-22-17-13-11-16(23-2)14-15(17)10-12-20(18)22;2-1(3,4)5/h3-6,8-9,11,13-14H,7,10,12H2,1-2H3;(H,2,3,4,5)/q+1;/p-1/b4-3+;. The topological polar surface area (TPSA) is 113 Å². The zero-order valence-corrected chi connectivity index (χ0v) is 16.9. The Hall–Kier alpha value is -2.48. The molecule has 0 saturated carbocycles. The Morgan fingerprint density at radius 2 is 1.79 bits per heavy atom. The van der Waals surface area contributed by atoms with Crippen LogP contribution in [-0.4, -0.2) is 7.11 Å². The summed E-state index contributed by atoms with van der Waals surface area (Å²) in [5.74, 6) is 1.93. The van der Waals surface area contributed by atoms with E-state index in [1.54, 1.807) is 7.11 Å². The van der Waals surface area contributed by atoms with E-state index in [0.717, 1.165) is 36.4 Å². The van der Waals surface area contributed by atoms with E-state index in [1.165, 1.54) is 27.6 Å². The average Bonchev–Trinajstić information content (AvgIpc) is 2.69. The zero-order chi connectivity index (χ0) is 21.0. The van der Waals surface area contributed by atoms with Crippen LogP contribution in [0.4, 0.5) is 0 Å². The van der Waals surface area contributed by atoms with Gasteiger partial charge in [-0.2, -0.15) is 0 Å². The van der Waals surface area contributed by atoms with Gasteiger partial charge in [0.25, 0.3) is 0 Å². The lowest BCUT2D eigenvalue weighted by atomic mass is 9.85. The first-order valence-electron chi connectivity index (χ1n) is 9.08. The van der Waals surface area contributed by atoms with Gasteiger partial charge in [0.15, 0.2) is 0 Å². The summed E-state index contributed by atoms with van der Waals surface area (Å²) in [5.41, 5.74) is 6.21. The summed E-state index contributed by atoms with van der Waals surface area (Å²) in [6, 6.07) is 14.6. The summed E-state index contributed by atoms with van der Waals surface area (Å²) in [6.07, 6.45) is 7.33. The second kappa shape index (κ2) is 8.90. The molecular formula is C22H21ClO6. The van der Waals surface area contributed by atoms with E-state index in [2.05, 4.69) is 49.4 Å². The molecule has 0 N–H and O–H groups in total. The van der Waals surface area contributed by atoms with Gasteiger partial charge in [-0.1, -0.05) is 24.3 Å². The first kappa shape index (κ1) is 21.2. The minimum Gasteiger partial charge on any atom is -0.497 e. The largest absolute Gasteiger partial charge is 0.497 e. The van der Waals surface area contributed by atoms with Crippen LogP contribution in [0.1, 0.15) is 23.6 Å². The van der Waals surface area contributed by atoms with E-state index in [-0.39, 0.29) is 0 Å². The number of para-hydroxylation sites is 1. The Balaban J connectivity index is 0.000000431. The number of halogens is 1. The number of hydrogen-bond acceptors (Lipinski definition) is 5. The lowest BCUT2D eigenvalue weighted by molar-refractivity contribution is -2.00. The van der Waals surface area contributed by atoms with E-state index < -0.39 is 10.2 Å². The Kier molecular flexibility index (Phi) is 6.52. The highest BCUT2D eigenvalue weighted by molar-refractivity contribution is 5.86. The highest BCUT2D eigenvalue weighted by atomic mass is 35.7. The summed E-state index contributed by atoms with van der Waals surface area (Å²) < 4.78 is 45.7. The van der Waals surface area contributed by atoms with Gasteiger partial charge in [-0.25, -0.2) is 23.1 Å². The van der Waals surface area contributed by atoms with Crippen LogP contribution in [0, 0.1) is 10.2 Å². The van der Waals surface area contributed by atoms with Crippen molar-refractivity contribution in [1.82, 2.24) is 0 Å². The summed E-state index contributed by atoms with van der Waals surface area (Å²) in [4.78, 5) is 0. The Bertz CT molecular complexity index is 1030. The Labute approximate surface area is 171 Å². The molecule has 0 atom stereocenters. The molecule has 0 unspecified atom stereocenters. The quantitative estimate of drug-likeness (QED) is 0.462. The van der Waals surface area contributed by atoms with Crippen molar-refractivity contribution in [3.63, 3.8) is 0 Å². The summed E-state index contributed by atoms with van der Waals surface area (Å²) in [5, 5.41) is 1.23. The normalized spacial score (nSPS) is 12.9. The summed E-state index contributed by atoms with van der Waals surface area (Å²) >= 11 is 0. The van der Waals surface area contributed by atoms with E-state index in [1.807, 2.05) is 12.1 Å². The number of fused-ring (bicyclic) bond motifs is 4. The number of ether oxygens (including phenoxy) is 1. The van der Waals surface area contributed by atoms with Crippen LogP contribution < -0.4 is 23.4 Å². The molecule has 29 heavy (non-hydrogen) atoms. The van der Waals surface area contributed by atoms with Gasteiger partial charge in [0.2, 0.25) is 0 Å². The molecule has 0 fully saturated rings. The van der Waals surface area contributed by atoms with Gasteiger partial charge in [-0.15, -0.1) is 10.2 Å². The van der Waals surface area contributed by atoms with Crippen molar-refractivity contribution in [3.05, 3.63) is 71.3 Å². The SMILES string of the molecule is C/C=C/Cc1c2c([o+]c3ccccc13)-c1ccc(OC)cc1CC2.[O-][Cl+3]([O-])([O-])[O-]. The molecule has 1 aliphatic rings. The third-order valence-corrected chi connectivity index (χ3v) is 4.82. The number of aryl methyl sites for hydroxylation is 1. The van der Waals surface area contributed by atoms with Crippen LogP contribution in [0.15, 0.2) is 59.0 Å². The van der Waals surface area contributed by atoms with Gasteiger partial charge in [-0.3, -0.25) is 0 Å². The van der Waals surface area contributed by atoms with Crippen LogP contribution in [0.3, 0.4) is 0 Å². The lowest BCUT2D eigenvalue weighted by Crippen LogP contribution is -2.68. The molecule has 0 saturated heterocycles. The second-order valence-corrected chi connectivity index (χ2v) is 7.31. The first-order chi connectivity index (χ1) is 13.8. The molecule has 152 valence electrons. The van der Waals surface area contributed by atoms with Crippen molar-refractivity contribution < 1.29 is 38.0 Å². The molecule has 4 rings (SSSR count). The Morgan fingerprint density at radius 3 is 2.48 bits per heavy atom. The third kappa shape index (κ3) is 5.12. The lowest BCUT2D eigenvalue weighted by Gasteiger charge is -2.17. The summed E-state index contributed by atoms with van der Waals surface area (Å²) in [7, 11) is -3.23. The predicted molar refractivity (Wildman–Crippen MR) is 98.5 cm³/mol. The highest BCUT2D eigenvalue weighted by Gasteiger charge is 2.31. The van der Waals surface area contributed by atoms with Crippen LogP contribution in [-0.2, 0) is 19.3 Å². The molecule has 7 heteroatoms. The smallest absolute Gasteiger partial charge is 0.364 e. The fourth-order valence-electron chi connectivity index (χ4n) is 3.61. The van der Waals surface area contributed by atoms with E-state index >= 15 is 0 Å². The molecular weight excluding hydrogens is 396 g/mol. The molecule has 0 bridgehead atoms. The predicted octanol–water partition coefficient (Wildman–Crippen LogP) is 0.851. The number of rotatable bonds is 3. The van der Waals surface area contributed by atoms with Crippen LogP contribution in [0.25, 0.3) is 22.3 Å². The van der Waals surface area contributed by atoms with Gasteiger partial charge in [0, 0.05) is 6.07 Å². The first-order valence-corrected chi connectivity index (χ1v) is 10.3. The van der Waals surface area contributed by atoms with E-state index in [9.17, 15) is 0 Å². The maximum atomic E-state index is 8.49. The molecule has 0 amide bonds. The number of methoxy groups -OCH3 is 1. The van der Waals surface area contributed by atoms with E-state index in [0.29, 0.717) is 0 Å². The van der Waals surface area contributed by atoms with Gasteiger partial charge in [0.1, 0.15) is 5.75 Å². The molecule has 0 spiro atoms. The number of hydrogen-bond donors (Lipinski definition) is 0.